The van der Waals surface area contributed by atoms with E-state index in [0.717, 1.165) is 13.1 Å². The summed E-state index contributed by atoms with van der Waals surface area (Å²) in [5.74, 6) is 0.764. The van der Waals surface area contributed by atoms with Crippen molar-refractivity contribution in [2.24, 2.45) is 11.3 Å². The van der Waals surface area contributed by atoms with E-state index in [1.54, 1.807) is 0 Å². The molecule has 2 atom stereocenters. The number of hydrogen-bond acceptors (Lipinski definition) is 2. The molecule has 21 heavy (non-hydrogen) atoms. The highest BCUT2D eigenvalue weighted by Gasteiger charge is 2.37. The molecule has 1 fully saturated rings. The zero-order chi connectivity index (χ0) is 15.6. The first-order valence-corrected chi connectivity index (χ1v) is 7.90. The van der Waals surface area contributed by atoms with E-state index in [9.17, 15) is 4.79 Å². The maximum atomic E-state index is 12.9. The van der Waals surface area contributed by atoms with Crippen LogP contribution >= 0.6 is 0 Å². The molecule has 0 spiro atoms. The lowest BCUT2D eigenvalue weighted by molar-refractivity contribution is -0.144. The maximum absolute atomic E-state index is 12.9. The number of hydrogen-bond donors (Lipinski definition) is 1. The minimum Gasteiger partial charge on any atom is -0.332 e. The van der Waals surface area contributed by atoms with Crippen molar-refractivity contribution in [1.82, 2.24) is 10.2 Å². The molecule has 3 nitrogen and oxygen atoms in total. The van der Waals surface area contributed by atoms with Crippen molar-refractivity contribution in [1.29, 1.82) is 0 Å². The van der Waals surface area contributed by atoms with Crippen molar-refractivity contribution >= 4 is 5.91 Å². The van der Waals surface area contributed by atoms with Gasteiger partial charge in [-0.25, -0.2) is 0 Å². The third-order valence-corrected chi connectivity index (χ3v) is 4.23. The number of carbonyl (C=O) groups is 1. The predicted molar refractivity (Wildman–Crippen MR) is 87.0 cm³/mol. The molecule has 2 rings (SSSR count). The maximum Gasteiger partial charge on any atom is 0.228 e. The molecular formula is C18H28N2O. The highest BCUT2D eigenvalue weighted by molar-refractivity contribution is 5.82. The molecule has 116 valence electrons. The van der Waals surface area contributed by atoms with Crippen LogP contribution in [-0.2, 0) is 4.79 Å². The van der Waals surface area contributed by atoms with E-state index in [4.69, 9.17) is 0 Å². The number of nitrogens with zero attached hydrogens (tertiary/aromatic N) is 1. The number of carbonyl (C=O) groups excluding carboxylic acids is 1. The van der Waals surface area contributed by atoms with E-state index in [2.05, 4.69) is 36.2 Å². The van der Waals surface area contributed by atoms with E-state index < -0.39 is 0 Å². The fraction of sp³-hybridized carbons (Fsp3) is 0.611. The van der Waals surface area contributed by atoms with Crippen LogP contribution in [0.1, 0.15) is 46.2 Å². The molecule has 3 heteroatoms. The van der Waals surface area contributed by atoms with Gasteiger partial charge in [0.2, 0.25) is 5.91 Å². The quantitative estimate of drug-likeness (QED) is 0.906. The van der Waals surface area contributed by atoms with Crippen LogP contribution in [0.3, 0.4) is 0 Å². The monoisotopic (exact) mass is 288 g/mol. The Bertz CT molecular complexity index is 476. The van der Waals surface area contributed by atoms with Gasteiger partial charge in [-0.3, -0.25) is 4.79 Å². The van der Waals surface area contributed by atoms with Crippen LogP contribution in [0.15, 0.2) is 30.3 Å². The average Bonchev–Trinajstić information content (AvgIpc) is 2.45. The summed E-state index contributed by atoms with van der Waals surface area (Å²) in [7, 11) is 0. The number of amides is 1. The molecule has 1 aromatic rings. The number of nitrogens with one attached hydrogen (secondary N) is 1. The lowest BCUT2D eigenvalue weighted by atomic mass is 9.89. The van der Waals surface area contributed by atoms with Gasteiger partial charge in [0.25, 0.3) is 0 Å². The first kappa shape index (κ1) is 16.0. The first-order chi connectivity index (χ1) is 9.80. The van der Waals surface area contributed by atoms with Crippen LogP contribution in [0.5, 0.6) is 0 Å². The summed E-state index contributed by atoms with van der Waals surface area (Å²) in [4.78, 5) is 14.9. The summed E-state index contributed by atoms with van der Waals surface area (Å²) in [5.41, 5.74) is 0.871. The minimum absolute atomic E-state index is 0.132. The van der Waals surface area contributed by atoms with Crippen LogP contribution in [0.25, 0.3) is 0 Å². The highest BCUT2D eigenvalue weighted by atomic mass is 16.2. The van der Waals surface area contributed by atoms with Crippen molar-refractivity contribution in [2.45, 2.75) is 46.7 Å². The molecule has 0 saturated carbocycles. The summed E-state index contributed by atoms with van der Waals surface area (Å²) < 4.78 is 0. The van der Waals surface area contributed by atoms with E-state index in [1.807, 2.05) is 39.0 Å². The number of rotatable bonds is 2. The van der Waals surface area contributed by atoms with Crippen molar-refractivity contribution in [3.8, 4) is 0 Å². The molecule has 0 bridgehead atoms. The van der Waals surface area contributed by atoms with Crippen LogP contribution in [-0.4, -0.2) is 29.9 Å². The zero-order valence-corrected chi connectivity index (χ0v) is 13.9. The first-order valence-electron chi connectivity index (χ1n) is 7.90. The Morgan fingerprint density at radius 1 is 1.24 bits per heavy atom. The largest absolute Gasteiger partial charge is 0.332 e. The molecule has 0 aromatic heterocycles. The Morgan fingerprint density at radius 3 is 2.38 bits per heavy atom. The smallest absolute Gasteiger partial charge is 0.228 e. The molecule has 1 N–H and O–H groups in total. The van der Waals surface area contributed by atoms with E-state index in [-0.39, 0.29) is 17.4 Å². The molecule has 1 aliphatic rings. The summed E-state index contributed by atoms with van der Waals surface area (Å²) in [6, 6.07) is 10.8. The van der Waals surface area contributed by atoms with Gasteiger partial charge >= 0.3 is 0 Å². The predicted octanol–water partition coefficient (Wildman–Crippen LogP) is 3.23. The van der Waals surface area contributed by atoms with E-state index in [0.29, 0.717) is 12.0 Å². The van der Waals surface area contributed by atoms with Crippen molar-refractivity contribution in [2.75, 3.05) is 13.1 Å². The normalized spacial score (nSPS) is 23.4. The fourth-order valence-corrected chi connectivity index (χ4v) is 2.85. The van der Waals surface area contributed by atoms with E-state index in [1.165, 1.54) is 5.56 Å². The highest BCUT2D eigenvalue weighted by Crippen LogP contribution is 2.30. The van der Waals surface area contributed by atoms with Gasteiger partial charge in [-0.2, -0.15) is 0 Å². The van der Waals surface area contributed by atoms with Gasteiger partial charge in [-0.1, -0.05) is 65.0 Å². The Balaban J connectivity index is 2.28. The molecule has 0 radical (unpaired) electrons. The standard InChI is InChI=1S/C18H28N2O/c1-13(2)15-12-20(17(21)18(3,4)5)16(11-19-15)14-9-7-6-8-10-14/h6-10,13,15-16,19H,11-12H2,1-5H3. The second kappa shape index (κ2) is 6.18. The summed E-state index contributed by atoms with van der Waals surface area (Å²) in [5, 5.41) is 3.61. The Hall–Kier alpha value is -1.35. The molecule has 0 aliphatic carbocycles. The van der Waals surface area contributed by atoms with Crippen molar-refractivity contribution in [3.05, 3.63) is 35.9 Å². The van der Waals surface area contributed by atoms with E-state index >= 15 is 0 Å². The third kappa shape index (κ3) is 3.65. The number of piperazine rings is 1. The van der Waals surface area contributed by atoms with Crippen LogP contribution < -0.4 is 5.32 Å². The van der Waals surface area contributed by atoms with Crippen molar-refractivity contribution in [3.63, 3.8) is 0 Å². The van der Waals surface area contributed by atoms with Gasteiger partial charge in [-0.05, 0) is 11.5 Å². The van der Waals surface area contributed by atoms with Gasteiger partial charge in [0, 0.05) is 24.5 Å². The molecule has 1 amide bonds. The molecule has 1 aromatic carbocycles. The van der Waals surface area contributed by atoms with Crippen LogP contribution in [0.4, 0.5) is 0 Å². The lowest BCUT2D eigenvalue weighted by Crippen LogP contribution is -2.57. The molecular weight excluding hydrogens is 260 g/mol. The van der Waals surface area contributed by atoms with Crippen molar-refractivity contribution < 1.29 is 4.79 Å². The SMILES string of the molecule is CC(C)C1CN(C(=O)C(C)(C)C)C(c2ccccc2)CN1. The summed E-state index contributed by atoms with van der Waals surface area (Å²) in [6.45, 7) is 12.0. The van der Waals surface area contributed by atoms with Crippen LogP contribution in [0.2, 0.25) is 0 Å². The lowest BCUT2D eigenvalue weighted by Gasteiger charge is -2.44. The fourth-order valence-electron chi connectivity index (χ4n) is 2.85. The third-order valence-electron chi connectivity index (χ3n) is 4.23. The number of benzene rings is 1. The summed E-state index contributed by atoms with van der Waals surface area (Å²) >= 11 is 0. The molecule has 1 saturated heterocycles. The van der Waals surface area contributed by atoms with Gasteiger partial charge in [-0.15, -0.1) is 0 Å². The Morgan fingerprint density at radius 2 is 1.86 bits per heavy atom. The Labute approximate surface area is 128 Å². The zero-order valence-electron chi connectivity index (χ0n) is 13.9. The molecule has 1 heterocycles. The van der Waals surface area contributed by atoms with Gasteiger partial charge in [0.15, 0.2) is 0 Å². The topological polar surface area (TPSA) is 32.3 Å². The van der Waals surface area contributed by atoms with Gasteiger partial charge in [0.05, 0.1) is 6.04 Å². The van der Waals surface area contributed by atoms with Gasteiger partial charge in [0.1, 0.15) is 0 Å². The average molecular weight is 288 g/mol. The molecule has 2 unspecified atom stereocenters. The minimum atomic E-state index is -0.341. The van der Waals surface area contributed by atoms with Gasteiger partial charge < -0.3 is 10.2 Å². The second-order valence-electron chi connectivity index (χ2n) is 7.39. The molecule has 1 aliphatic heterocycles. The van der Waals surface area contributed by atoms with Crippen LogP contribution in [0, 0.1) is 11.3 Å². The Kier molecular flexibility index (Phi) is 4.72. The second-order valence-corrected chi connectivity index (χ2v) is 7.39. The summed E-state index contributed by atoms with van der Waals surface area (Å²) in [6.07, 6.45) is 0.